The van der Waals surface area contributed by atoms with Gasteiger partial charge in [0.25, 0.3) is 0 Å². The molecule has 0 unspecified atom stereocenters. The molecule has 0 atom stereocenters. The lowest BCUT2D eigenvalue weighted by Crippen LogP contribution is -2.09. The molecule has 0 aromatic heterocycles. The van der Waals surface area contributed by atoms with Crippen molar-refractivity contribution in [3.05, 3.63) is 26.8 Å². The van der Waals surface area contributed by atoms with Crippen LogP contribution in [0.1, 0.15) is 11.1 Å². The van der Waals surface area contributed by atoms with E-state index in [1.807, 2.05) is 13.8 Å². The molecule has 12 heavy (non-hydrogen) atoms. The second-order valence-corrected chi connectivity index (χ2v) is 3.80. The van der Waals surface area contributed by atoms with Crippen molar-refractivity contribution < 1.29 is 0 Å². The van der Waals surface area contributed by atoms with E-state index in [1.165, 1.54) is 14.7 Å². The topological polar surface area (TPSA) is 38.0 Å². The zero-order chi connectivity index (χ0) is 8.43. The van der Waals surface area contributed by atoms with Gasteiger partial charge >= 0.3 is 0 Å². The first kappa shape index (κ1) is 12.0. The maximum atomic E-state index is 5.35. The Kier molecular flexibility index (Phi) is 4.89. The molecule has 2 nitrogen and oxygen atoms in total. The fraction of sp³-hybridized carbons (Fsp3) is 0.250. The minimum Gasteiger partial charge on any atom is -0.324 e. The first-order valence-corrected chi connectivity index (χ1v) is 4.46. The van der Waals surface area contributed by atoms with Crippen LogP contribution >= 0.6 is 35.0 Å². The summed E-state index contributed by atoms with van der Waals surface area (Å²) in [6.45, 7) is 4.09. The highest BCUT2D eigenvalue weighted by molar-refractivity contribution is 14.1. The van der Waals surface area contributed by atoms with Gasteiger partial charge in [0.2, 0.25) is 0 Å². The van der Waals surface area contributed by atoms with Crippen molar-refractivity contribution in [2.45, 2.75) is 13.8 Å². The highest BCUT2D eigenvalue weighted by Gasteiger charge is 2.00. The number of benzene rings is 1. The molecule has 0 aliphatic rings. The highest BCUT2D eigenvalue weighted by Crippen LogP contribution is 2.21. The minimum atomic E-state index is 0. The second kappa shape index (κ2) is 4.89. The molecule has 0 aliphatic heterocycles. The predicted octanol–water partition coefficient (Wildman–Crippen LogP) is 2.62. The van der Waals surface area contributed by atoms with Crippen LogP contribution in [0.3, 0.4) is 0 Å². The van der Waals surface area contributed by atoms with E-state index in [1.54, 1.807) is 0 Å². The van der Waals surface area contributed by atoms with Crippen LogP contribution in [0.4, 0.5) is 5.69 Å². The Morgan fingerprint density at radius 2 is 1.67 bits per heavy atom. The number of anilines is 1. The number of hydrazine groups is 1. The SMILES string of the molecule is Cc1cc(I)cc(C)c1NN.Cl. The van der Waals surface area contributed by atoms with Crippen LogP contribution in [-0.2, 0) is 0 Å². The molecule has 3 N–H and O–H groups in total. The Labute approximate surface area is 92.4 Å². The Bertz CT molecular complexity index is 253. The molecule has 0 aliphatic carbocycles. The van der Waals surface area contributed by atoms with Crippen LogP contribution in [0.2, 0.25) is 0 Å². The van der Waals surface area contributed by atoms with Crippen molar-refractivity contribution in [2.24, 2.45) is 5.84 Å². The molecular weight excluding hydrogens is 286 g/mol. The Morgan fingerprint density at radius 1 is 1.25 bits per heavy atom. The number of halogens is 2. The third-order valence-corrected chi connectivity index (χ3v) is 2.26. The molecule has 1 aromatic carbocycles. The maximum absolute atomic E-state index is 5.35. The number of nitrogens with two attached hydrogens (primary N) is 1. The van der Waals surface area contributed by atoms with E-state index >= 15 is 0 Å². The number of hydrogen-bond donors (Lipinski definition) is 2. The number of aryl methyl sites for hydroxylation is 2. The average Bonchev–Trinajstić information content (AvgIpc) is 1.85. The van der Waals surface area contributed by atoms with E-state index < -0.39 is 0 Å². The summed E-state index contributed by atoms with van der Waals surface area (Å²) < 4.78 is 1.25. The molecule has 1 aromatic rings. The summed E-state index contributed by atoms with van der Waals surface area (Å²) in [5, 5.41) is 0. The summed E-state index contributed by atoms with van der Waals surface area (Å²) in [6, 6.07) is 4.20. The van der Waals surface area contributed by atoms with Gasteiger partial charge in [-0.1, -0.05) is 0 Å². The van der Waals surface area contributed by atoms with E-state index in [2.05, 4.69) is 40.1 Å². The fourth-order valence-electron chi connectivity index (χ4n) is 1.14. The molecule has 68 valence electrons. The second-order valence-electron chi connectivity index (χ2n) is 2.56. The predicted molar refractivity (Wildman–Crippen MR) is 63.7 cm³/mol. The molecule has 1 rings (SSSR count). The largest absolute Gasteiger partial charge is 0.324 e. The molecule has 0 bridgehead atoms. The maximum Gasteiger partial charge on any atom is 0.0544 e. The first-order valence-electron chi connectivity index (χ1n) is 3.38. The van der Waals surface area contributed by atoms with Crippen LogP contribution in [0.25, 0.3) is 0 Å². The van der Waals surface area contributed by atoms with Gasteiger partial charge in [0.15, 0.2) is 0 Å². The molecule has 0 saturated heterocycles. The Balaban J connectivity index is 0.00000121. The zero-order valence-corrected chi connectivity index (χ0v) is 9.99. The van der Waals surface area contributed by atoms with Gasteiger partial charge in [-0.3, -0.25) is 5.84 Å². The summed E-state index contributed by atoms with van der Waals surface area (Å²) in [5.41, 5.74) is 6.10. The summed E-state index contributed by atoms with van der Waals surface area (Å²) in [6.07, 6.45) is 0. The third kappa shape index (κ3) is 2.50. The van der Waals surface area contributed by atoms with Crippen LogP contribution < -0.4 is 11.3 Å². The van der Waals surface area contributed by atoms with E-state index in [0.717, 1.165) is 5.69 Å². The standard InChI is InChI=1S/C8H11IN2.ClH/c1-5-3-7(9)4-6(2)8(5)11-10;/h3-4,11H,10H2,1-2H3;1H. The molecule has 0 radical (unpaired) electrons. The third-order valence-electron chi connectivity index (χ3n) is 1.64. The van der Waals surface area contributed by atoms with Crippen LogP contribution in [0.5, 0.6) is 0 Å². The van der Waals surface area contributed by atoms with Gasteiger partial charge in [0.05, 0.1) is 5.69 Å². The van der Waals surface area contributed by atoms with Gasteiger partial charge < -0.3 is 5.43 Å². The number of hydrogen-bond acceptors (Lipinski definition) is 2. The van der Waals surface area contributed by atoms with Gasteiger partial charge in [0, 0.05) is 3.57 Å². The Morgan fingerprint density at radius 3 is 2.00 bits per heavy atom. The number of nitrogen functional groups attached to an aromatic ring is 1. The molecule has 4 heteroatoms. The summed E-state index contributed by atoms with van der Waals surface area (Å²) in [5.74, 6) is 5.35. The zero-order valence-electron chi connectivity index (χ0n) is 7.02. The minimum absolute atomic E-state index is 0. The summed E-state index contributed by atoms with van der Waals surface area (Å²) in [4.78, 5) is 0. The van der Waals surface area contributed by atoms with Crippen molar-refractivity contribution in [3.8, 4) is 0 Å². The van der Waals surface area contributed by atoms with E-state index in [0.29, 0.717) is 0 Å². The van der Waals surface area contributed by atoms with Crippen molar-refractivity contribution in [1.82, 2.24) is 0 Å². The fourth-order valence-corrected chi connectivity index (χ4v) is 2.07. The lowest BCUT2D eigenvalue weighted by Gasteiger charge is -2.08. The monoisotopic (exact) mass is 298 g/mol. The highest BCUT2D eigenvalue weighted by atomic mass is 127. The van der Waals surface area contributed by atoms with Gasteiger partial charge in [0.1, 0.15) is 0 Å². The van der Waals surface area contributed by atoms with E-state index in [4.69, 9.17) is 5.84 Å². The molecular formula is C8H12ClIN2. The van der Waals surface area contributed by atoms with Crippen molar-refractivity contribution >= 4 is 40.7 Å². The first-order chi connectivity index (χ1) is 5.15. The van der Waals surface area contributed by atoms with Crippen LogP contribution in [0.15, 0.2) is 12.1 Å². The van der Waals surface area contributed by atoms with E-state index in [-0.39, 0.29) is 12.4 Å². The van der Waals surface area contributed by atoms with E-state index in [9.17, 15) is 0 Å². The smallest absolute Gasteiger partial charge is 0.0544 e. The molecule has 0 saturated carbocycles. The van der Waals surface area contributed by atoms with Crippen LogP contribution in [-0.4, -0.2) is 0 Å². The van der Waals surface area contributed by atoms with Crippen molar-refractivity contribution in [2.75, 3.05) is 5.43 Å². The summed E-state index contributed by atoms with van der Waals surface area (Å²) in [7, 11) is 0. The molecule has 0 spiro atoms. The van der Waals surface area contributed by atoms with Gasteiger partial charge in [-0.15, -0.1) is 12.4 Å². The van der Waals surface area contributed by atoms with Crippen molar-refractivity contribution in [3.63, 3.8) is 0 Å². The lowest BCUT2D eigenvalue weighted by molar-refractivity contribution is 1.26. The molecule has 0 heterocycles. The van der Waals surface area contributed by atoms with Crippen LogP contribution in [0, 0.1) is 17.4 Å². The number of nitrogens with one attached hydrogen (secondary N) is 1. The lowest BCUT2D eigenvalue weighted by atomic mass is 10.1. The van der Waals surface area contributed by atoms with Gasteiger partial charge in [-0.2, -0.15) is 0 Å². The molecule has 0 fully saturated rings. The number of rotatable bonds is 1. The molecule has 0 amide bonds. The average molecular weight is 299 g/mol. The quantitative estimate of drug-likeness (QED) is 0.475. The normalized spacial score (nSPS) is 9.00. The van der Waals surface area contributed by atoms with Gasteiger partial charge in [-0.25, -0.2) is 0 Å². The van der Waals surface area contributed by atoms with Gasteiger partial charge in [-0.05, 0) is 59.7 Å². The summed E-state index contributed by atoms with van der Waals surface area (Å²) >= 11 is 2.30. The Hall–Kier alpha value is -0.0000000000000000555. The van der Waals surface area contributed by atoms with Crippen molar-refractivity contribution in [1.29, 1.82) is 0 Å².